The van der Waals surface area contributed by atoms with Crippen molar-refractivity contribution in [1.82, 2.24) is 9.71 Å². The molecule has 0 saturated heterocycles. The molecule has 6 nitrogen and oxygen atoms in total. The summed E-state index contributed by atoms with van der Waals surface area (Å²) in [6, 6.07) is 1.39. The van der Waals surface area contributed by atoms with Crippen LogP contribution in [0, 0.1) is 0 Å². The van der Waals surface area contributed by atoms with Gasteiger partial charge < -0.3 is 14.8 Å². The van der Waals surface area contributed by atoms with E-state index in [1.165, 1.54) is 19.4 Å². The summed E-state index contributed by atoms with van der Waals surface area (Å²) in [4.78, 5) is 2.77. The first-order valence-electron chi connectivity index (χ1n) is 4.80. The molecule has 1 aromatic rings. The number of H-pyrrole nitrogens is 1. The molecule has 0 spiro atoms. The van der Waals surface area contributed by atoms with Gasteiger partial charge in [0, 0.05) is 25.5 Å². The van der Waals surface area contributed by atoms with Gasteiger partial charge in [0.25, 0.3) is 0 Å². The highest BCUT2D eigenvalue weighted by molar-refractivity contribution is 7.89. The summed E-state index contributed by atoms with van der Waals surface area (Å²) in [7, 11) is -2.01. The molecule has 0 radical (unpaired) electrons. The largest absolute Gasteiger partial charge is 0.390 e. The van der Waals surface area contributed by atoms with Crippen molar-refractivity contribution in [1.29, 1.82) is 0 Å². The number of nitrogens with one attached hydrogen (secondary N) is 2. The van der Waals surface area contributed by atoms with Crippen molar-refractivity contribution in [2.45, 2.75) is 24.5 Å². The van der Waals surface area contributed by atoms with Crippen molar-refractivity contribution >= 4 is 10.0 Å². The lowest BCUT2D eigenvalue weighted by Crippen LogP contribution is -2.31. The molecule has 0 aliphatic carbocycles. The van der Waals surface area contributed by atoms with Crippen molar-refractivity contribution < 1.29 is 18.3 Å². The van der Waals surface area contributed by atoms with Crippen LogP contribution in [0.15, 0.2) is 17.2 Å². The molecule has 0 aliphatic heterocycles. The van der Waals surface area contributed by atoms with E-state index in [1.54, 1.807) is 6.92 Å². The van der Waals surface area contributed by atoms with Gasteiger partial charge in [-0.2, -0.15) is 0 Å². The van der Waals surface area contributed by atoms with E-state index in [0.29, 0.717) is 5.69 Å². The highest BCUT2D eigenvalue weighted by atomic mass is 32.2. The Hall–Kier alpha value is -0.890. The molecule has 1 heterocycles. The maximum absolute atomic E-state index is 11.7. The number of methoxy groups -OCH3 is 1. The van der Waals surface area contributed by atoms with Crippen molar-refractivity contribution in [2.24, 2.45) is 0 Å². The highest BCUT2D eigenvalue weighted by Gasteiger charge is 2.16. The predicted molar refractivity (Wildman–Crippen MR) is 58.4 cm³/mol. The quantitative estimate of drug-likeness (QED) is 0.651. The minimum atomic E-state index is -3.53. The summed E-state index contributed by atoms with van der Waals surface area (Å²) in [5.74, 6) is 0. The Kier molecular flexibility index (Phi) is 4.48. The zero-order valence-electron chi connectivity index (χ0n) is 9.23. The zero-order valence-corrected chi connectivity index (χ0v) is 10.0. The monoisotopic (exact) mass is 248 g/mol. The molecule has 0 aromatic carbocycles. The Morgan fingerprint density at radius 2 is 2.31 bits per heavy atom. The van der Waals surface area contributed by atoms with E-state index < -0.39 is 10.0 Å². The third kappa shape index (κ3) is 3.31. The normalized spacial score (nSPS) is 13.9. The number of rotatable bonds is 6. The first kappa shape index (κ1) is 13.2. The molecule has 92 valence electrons. The number of aliphatic hydroxyl groups is 1. The Morgan fingerprint density at radius 3 is 2.81 bits per heavy atom. The standard InChI is InChI=1S/C9H16N2O4S/c1-7(15-2)4-11-16(13,14)9-3-8(6-12)10-5-9/h3,5,7,10-12H,4,6H2,1-2H3. The fourth-order valence-electron chi connectivity index (χ4n) is 1.06. The third-order valence-corrected chi connectivity index (χ3v) is 3.56. The highest BCUT2D eigenvalue weighted by Crippen LogP contribution is 2.10. The molecule has 0 aliphatic rings. The van der Waals surface area contributed by atoms with Crippen LogP contribution >= 0.6 is 0 Å². The van der Waals surface area contributed by atoms with Crippen LogP contribution in [0.2, 0.25) is 0 Å². The number of aliphatic hydroxyl groups excluding tert-OH is 1. The summed E-state index contributed by atoms with van der Waals surface area (Å²) in [5, 5.41) is 8.81. The van der Waals surface area contributed by atoms with Crippen LogP contribution in [0.5, 0.6) is 0 Å². The predicted octanol–water partition coefficient (Wildman–Crippen LogP) is -0.180. The first-order chi connectivity index (χ1) is 7.49. The second kappa shape index (κ2) is 5.44. The summed E-state index contributed by atoms with van der Waals surface area (Å²) in [6.45, 7) is 1.75. The van der Waals surface area contributed by atoms with Crippen LogP contribution in [0.4, 0.5) is 0 Å². The van der Waals surface area contributed by atoms with Crippen molar-refractivity contribution in [3.05, 3.63) is 18.0 Å². The van der Waals surface area contributed by atoms with E-state index in [0.717, 1.165) is 0 Å². The minimum Gasteiger partial charge on any atom is -0.390 e. The lowest BCUT2D eigenvalue weighted by atomic mass is 10.4. The molecule has 7 heteroatoms. The first-order valence-corrected chi connectivity index (χ1v) is 6.28. The Morgan fingerprint density at radius 1 is 1.62 bits per heavy atom. The van der Waals surface area contributed by atoms with Gasteiger partial charge in [-0.25, -0.2) is 13.1 Å². The lowest BCUT2D eigenvalue weighted by molar-refractivity contribution is 0.122. The van der Waals surface area contributed by atoms with Crippen LogP contribution in [-0.4, -0.2) is 38.3 Å². The number of sulfonamides is 1. The van der Waals surface area contributed by atoms with Gasteiger partial charge in [0.15, 0.2) is 0 Å². The molecule has 1 rings (SSSR count). The molecule has 0 bridgehead atoms. The van der Waals surface area contributed by atoms with Crippen LogP contribution in [0.25, 0.3) is 0 Å². The lowest BCUT2D eigenvalue weighted by Gasteiger charge is -2.10. The molecule has 0 saturated carbocycles. The minimum absolute atomic E-state index is 0.111. The van der Waals surface area contributed by atoms with Gasteiger partial charge in [0.1, 0.15) is 0 Å². The molecular formula is C9H16N2O4S. The molecule has 1 aromatic heterocycles. The van der Waals surface area contributed by atoms with Crippen LogP contribution in [0.1, 0.15) is 12.6 Å². The van der Waals surface area contributed by atoms with Gasteiger partial charge >= 0.3 is 0 Å². The molecule has 1 unspecified atom stereocenters. The van der Waals surface area contributed by atoms with Crippen molar-refractivity contribution in [3.63, 3.8) is 0 Å². The summed E-state index contributed by atoms with van der Waals surface area (Å²) in [5.41, 5.74) is 0.458. The van der Waals surface area contributed by atoms with Gasteiger partial charge in [-0.3, -0.25) is 0 Å². The molecule has 3 N–H and O–H groups in total. The van der Waals surface area contributed by atoms with Gasteiger partial charge in [0.05, 0.1) is 17.6 Å². The van der Waals surface area contributed by atoms with Crippen LogP contribution in [0.3, 0.4) is 0 Å². The topological polar surface area (TPSA) is 91.4 Å². The fraction of sp³-hybridized carbons (Fsp3) is 0.556. The smallest absolute Gasteiger partial charge is 0.242 e. The van der Waals surface area contributed by atoms with E-state index in [1.807, 2.05) is 0 Å². The number of ether oxygens (including phenoxy) is 1. The van der Waals surface area contributed by atoms with Gasteiger partial charge in [0.2, 0.25) is 10.0 Å². The van der Waals surface area contributed by atoms with Gasteiger partial charge in [-0.15, -0.1) is 0 Å². The van der Waals surface area contributed by atoms with Crippen LogP contribution < -0.4 is 4.72 Å². The average molecular weight is 248 g/mol. The summed E-state index contributed by atoms with van der Waals surface area (Å²) < 4.78 is 30.8. The third-order valence-electron chi connectivity index (χ3n) is 2.16. The number of hydrogen-bond donors (Lipinski definition) is 3. The van der Waals surface area contributed by atoms with Crippen molar-refractivity contribution in [3.8, 4) is 0 Å². The Bertz CT molecular complexity index is 426. The van der Waals surface area contributed by atoms with Crippen molar-refractivity contribution in [2.75, 3.05) is 13.7 Å². The Balaban J connectivity index is 2.70. The Labute approximate surface area is 94.7 Å². The van der Waals surface area contributed by atoms with E-state index >= 15 is 0 Å². The SMILES string of the molecule is COC(C)CNS(=O)(=O)c1c[nH]c(CO)c1. The molecule has 0 fully saturated rings. The second-order valence-electron chi connectivity index (χ2n) is 3.42. The molecule has 0 amide bonds. The van der Waals surface area contributed by atoms with Crippen LogP contribution in [-0.2, 0) is 21.4 Å². The summed E-state index contributed by atoms with van der Waals surface area (Å²) in [6.07, 6.45) is 1.15. The van der Waals surface area contributed by atoms with E-state index in [9.17, 15) is 8.42 Å². The number of aromatic nitrogens is 1. The van der Waals surface area contributed by atoms with Gasteiger partial charge in [-0.1, -0.05) is 0 Å². The average Bonchev–Trinajstić information content (AvgIpc) is 2.75. The maximum Gasteiger partial charge on any atom is 0.242 e. The van der Waals surface area contributed by atoms with E-state index in [-0.39, 0.29) is 24.2 Å². The number of aromatic amines is 1. The molecule has 1 atom stereocenters. The summed E-state index contributed by atoms with van der Waals surface area (Å²) >= 11 is 0. The van der Waals surface area contributed by atoms with E-state index in [2.05, 4.69) is 9.71 Å². The van der Waals surface area contributed by atoms with Gasteiger partial charge in [-0.05, 0) is 13.0 Å². The number of hydrogen-bond acceptors (Lipinski definition) is 4. The maximum atomic E-state index is 11.7. The molecule has 16 heavy (non-hydrogen) atoms. The molecular weight excluding hydrogens is 232 g/mol. The zero-order chi connectivity index (χ0) is 12.2. The second-order valence-corrected chi connectivity index (χ2v) is 5.18. The fourth-order valence-corrected chi connectivity index (χ4v) is 2.19. The van der Waals surface area contributed by atoms with E-state index in [4.69, 9.17) is 9.84 Å².